The van der Waals surface area contributed by atoms with Crippen LogP contribution in [-0.2, 0) is 6.54 Å². The molecule has 0 bridgehead atoms. The maximum Gasteiger partial charge on any atom is 0.140 e. The van der Waals surface area contributed by atoms with Crippen LogP contribution in [-0.4, -0.2) is 20.1 Å². The number of aromatic amines is 1. The molecule has 3 aromatic heterocycles. The lowest BCUT2D eigenvalue weighted by molar-refractivity contribution is 0.199. The van der Waals surface area contributed by atoms with Gasteiger partial charge in [-0.3, -0.25) is 4.98 Å². The lowest BCUT2D eigenvalue weighted by Crippen LogP contribution is -2.03. The van der Waals surface area contributed by atoms with Gasteiger partial charge in [0.25, 0.3) is 0 Å². The molecule has 130 valence electrons. The van der Waals surface area contributed by atoms with Gasteiger partial charge in [-0.1, -0.05) is 30.3 Å². The number of nitrogens with one attached hydrogen (secondary N) is 2. The molecule has 0 aliphatic carbocycles. The van der Waals surface area contributed by atoms with Crippen molar-refractivity contribution in [2.24, 2.45) is 0 Å². The lowest BCUT2D eigenvalue weighted by Gasteiger charge is -2.11. The molecule has 0 saturated carbocycles. The number of rotatable bonds is 5. The van der Waals surface area contributed by atoms with Crippen molar-refractivity contribution in [3.63, 3.8) is 0 Å². The van der Waals surface area contributed by atoms with Crippen LogP contribution in [0.5, 0.6) is 0 Å². The summed E-state index contributed by atoms with van der Waals surface area (Å²) in [7, 11) is 0. The normalized spacial score (nSPS) is 12.2. The summed E-state index contributed by atoms with van der Waals surface area (Å²) in [5.41, 5.74) is 4.88. The van der Waals surface area contributed by atoms with Crippen LogP contribution < -0.4 is 5.32 Å². The first-order valence-electron chi connectivity index (χ1n) is 8.61. The van der Waals surface area contributed by atoms with Crippen LogP contribution in [0.2, 0.25) is 0 Å². The molecule has 5 heteroatoms. The smallest absolute Gasteiger partial charge is 0.140 e. The van der Waals surface area contributed by atoms with E-state index in [9.17, 15) is 5.11 Å². The van der Waals surface area contributed by atoms with Crippen molar-refractivity contribution in [2.45, 2.75) is 19.6 Å². The van der Waals surface area contributed by atoms with E-state index in [-0.39, 0.29) is 0 Å². The highest BCUT2D eigenvalue weighted by Crippen LogP contribution is 2.30. The highest BCUT2D eigenvalue weighted by Gasteiger charge is 2.10. The number of aliphatic hydroxyl groups excluding tert-OH is 1. The van der Waals surface area contributed by atoms with E-state index in [2.05, 4.69) is 26.3 Å². The van der Waals surface area contributed by atoms with Crippen molar-refractivity contribution in [1.29, 1.82) is 0 Å². The maximum absolute atomic E-state index is 9.72. The van der Waals surface area contributed by atoms with Gasteiger partial charge in [-0.15, -0.1) is 0 Å². The molecule has 0 spiro atoms. The summed E-state index contributed by atoms with van der Waals surface area (Å²) in [5, 5.41) is 14.1. The Bertz CT molecular complexity index is 1010. The molecule has 4 rings (SSSR count). The second-order valence-corrected chi connectivity index (χ2v) is 6.27. The zero-order chi connectivity index (χ0) is 17.9. The first-order valence-corrected chi connectivity index (χ1v) is 8.61. The van der Waals surface area contributed by atoms with Crippen LogP contribution in [0.4, 0.5) is 5.82 Å². The van der Waals surface area contributed by atoms with Crippen molar-refractivity contribution >= 4 is 16.9 Å². The van der Waals surface area contributed by atoms with Crippen LogP contribution in [0.15, 0.2) is 67.0 Å². The Morgan fingerprint density at radius 1 is 1.12 bits per heavy atom. The van der Waals surface area contributed by atoms with Crippen molar-refractivity contribution < 1.29 is 5.11 Å². The second kappa shape index (κ2) is 6.98. The first kappa shape index (κ1) is 16.3. The largest absolute Gasteiger partial charge is 0.389 e. The Hall–Kier alpha value is -3.18. The zero-order valence-electron chi connectivity index (χ0n) is 14.5. The zero-order valence-corrected chi connectivity index (χ0v) is 14.5. The van der Waals surface area contributed by atoms with Crippen LogP contribution in [0, 0.1) is 0 Å². The van der Waals surface area contributed by atoms with Crippen LogP contribution in [0.25, 0.3) is 22.2 Å². The Balaban J connectivity index is 1.68. The van der Waals surface area contributed by atoms with Gasteiger partial charge >= 0.3 is 0 Å². The van der Waals surface area contributed by atoms with Gasteiger partial charge in [-0.2, -0.15) is 0 Å². The summed E-state index contributed by atoms with van der Waals surface area (Å²) >= 11 is 0. The van der Waals surface area contributed by atoms with Gasteiger partial charge < -0.3 is 15.4 Å². The van der Waals surface area contributed by atoms with Gasteiger partial charge in [-0.25, -0.2) is 4.98 Å². The van der Waals surface area contributed by atoms with Crippen molar-refractivity contribution in [3.05, 3.63) is 78.2 Å². The molecule has 0 fully saturated rings. The summed E-state index contributed by atoms with van der Waals surface area (Å²) in [6.07, 6.45) is 3.21. The number of hydrogen-bond donors (Lipinski definition) is 3. The minimum absolute atomic E-state index is 0.468. The van der Waals surface area contributed by atoms with Gasteiger partial charge in [0.1, 0.15) is 11.5 Å². The van der Waals surface area contributed by atoms with E-state index in [1.54, 1.807) is 13.1 Å². The summed E-state index contributed by atoms with van der Waals surface area (Å²) < 4.78 is 0. The van der Waals surface area contributed by atoms with Gasteiger partial charge in [0, 0.05) is 17.8 Å². The SMILES string of the molecule is CC(O)c1ccc(-c2cc(NCc3ccccn3)nc3[nH]ccc23)cc1. The molecule has 1 unspecified atom stereocenters. The number of H-pyrrole nitrogens is 1. The molecule has 5 nitrogen and oxygen atoms in total. The number of benzene rings is 1. The fraction of sp³-hybridized carbons (Fsp3) is 0.143. The molecule has 4 aromatic rings. The van der Waals surface area contributed by atoms with E-state index in [0.29, 0.717) is 6.54 Å². The van der Waals surface area contributed by atoms with Gasteiger partial charge in [0.15, 0.2) is 0 Å². The Labute approximate surface area is 151 Å². The van der Waals surface area contributed by atoms with E-state index in [1.807, 2.05) is 54.7 Å². The monoisotopic (exact) mass is 344 g/mol. The van der Waals surface area contributed by atoms with Crippen molar-refractivity contribution in [1.82, 2.24) is 15.0 Å². The molecule has 0 amide bonds. The minimum Gasteiger partial charge on any atom is -0.389 e. The topological polar surface area (TPSA) is 73.8 Å². The molecule has 3 N–H and O–H groups in total. The van der Waals surface area contributed by atoms with E-state index in [1.165, 1.54) is 0 Å². The molecule has 1 aromatic carbocycles. The van der Waals surface area contributed by atoms with Crippen LogP contribution in [0.3, 0.4) is 0 Å². The van der Waals surface area contributed by atoms with E-state index >= 15 is 0 Å². The molecule has 3 heterocycles. The molecule has 0 radical (unpaired) electrons. The van der Waals surface area contributed by atoms with Gasteiger partial charge in [0.2, 0.25) is 0 Å². The Kier molecular flexibility index (Phi) is 4.37. The number of nitrogens with zero attached hydrogens (tertiary/aromatic N) is 2. The standard InChI is InChI=1S/C21H20N4O/c1-14(26)15-5-7-16(8-6-15)19-12-20(25-21-18(19)9-11-23-21)24-13-17-4-2-3-10-22-17/h2-12,14,26H,13H2,1H3,(H2,23,24,25). The molecular weight excluding hydrogens is 324 g/mol. The highest BCUT2D eigenvalue weighted by molar-refractivity contribution is 5.94. The highest BCUT2D eigenvalue weighted by atomic mass is 16.3. The quantitative estimate of drug-likeness (QED) is 0.505. The second-order valence-electron chi connectivity index (χ2n) is 6.27. The number of hydrogen-bond acceptors (Lipinski definition) is 4. The number of anilines is 1. The maximum atomic E-state index is 9.72. The summed E-state index contributed by atoms with van der Waals surface area (Å²) in [5.74, 6) is 0.792. The summed E-state index contributed by atoms with van der Waals surface area (Å²) in [6.45, 7) is 2.38. The molecule has 26 heavy (non-hydrogen) atoms. The average Bonchev–Trinajstić information content (AvgIpc) is 3.15. The van der Waals surface area contributed by atoms with Crippen molar-refractivity contribution in [3.8, 4) is 11.1 Å². The number of pyridine rings is 2. The number of fused-ring (bicyclic) bond motifs is 1. The lowest BCUT2D eigenvalue weighted by atomic mass is 10.0. The molecule has 0 saturated heterocycles. The number of aromatic nitrogens is 3. The average molecular weight is 344 g/mol. The van der Waals surface area contributed by atoms with Crippen molar-refractivity contribution in [2.75, 3.05) is 5.32 Å². The molecule has 0 aliphatic rings. The third-order valence-corrected chi connectivity index (χ3v) is 4.41. The number of aliphatic hydroxyl groups is 1. The fourth-order valence-corrected chi connectivity index (χ4v) is 2.99. The Morgan fingerprint density at radius 3 is 2.69 bits per heavy atom. The van der Waals surface area contributed by atoms with Gasteiger partial charge in [-0.05, 0) is 47.9 Å². The molecular formula is C21H20N4O. The molecule has 0 aliphatic heterocycles. The predicted molar refractivity (Wildman–Crippen MR) is 104 cm³/mol. The van der Waals surface area contributed by atoms with Crippen LogP contribution in [0.1, 0.15) is 24.3 Å². The molecule has 1 atom stereocenters. The van der Waals surface area contributed by atoms with E-state index in [4.69, 9.17) is 0 Å². The summed E-state index contributed by atoms with van der Waals surface area (Å²) in [6, 6.07) is 17.9. The van der Waals surface area contributed by atoms with E-state index < -0.39 is 6.10 Å². The Morgan fingerprint density at radius 2 is 1.96 bits per heavy atom. The minimum atomic E-state index is -0.468. The first-order chi connectivity index (χ1) is 12.7. The van der Waals surface area contributed by atoms with E-state index in [0.717, 1.165) is 39.2 Å². The van der Waals surface area contributed by atoms with Crippen LogP contribution >= 0.6 is 0 Å². The third kappa shape index (κ3) is 3.30. The third-order valence-electron chi connectivity index (χ3n) is 4.41. The van der Waals surface area contributed by atoms with Gasteiger partial charge in [0.05, 0.1) is 18.3 Å². The summed E-state index contributed by atoms with van der Waals surface area (Å²) in [4.78, 5) is 12.2. The predicted octanol–water partition coefficient (Wildman–Crippen LogP) is 4.29. The fourth-order valence-electron chi connectivity index (χ4n) is 2.99.